The highest BCUT2D eigenvalue weighted by molar-refractivity contribution is 7.98. The molecule has 0 radical (unpaired) electrons. The standard InChI is InChI=1S/C26H31S.C24H25S.C20H19S.C18H14OS/c1-25(2,3)20-12-16-23(17-13-20)27(22-10-8-7-9-11-22)24-18-14-21(15-19-24)26(4,5)6;1-4-10-20(11-5-1)21-16-18-24(19-17-21)25(22-12-6-2-7-13-22)23-14-8-3-9-15-23;1-16-13-17(2)15-20(14-16)21(18-9-5-3-6-10-18)19-11-7-4-8-12-19;19-15-11-13-18(14-12-15)20(16-7-3-1-4-8-16)17-9-5-2-6-10-17/h7-19H,1-6H3;2-3,6-9,12-20H,1,4-5,10-11H2;3-15H,1-2H3;1-14H/q3*+1;/p+1. The third-order valence-corrected chi connectivity index (χ3v) is 25.3. The minimum Gasteiger partial charge on any atom is -0.508 e. The summed E-state index contributed by atoms with van der Waals surface area (Å²) >= 11 is 0. The Bertz CT molecular complexity index is 3920. The number of aromatic hydroxyl groups is 1. The lowest BCUT2D eigenvalue weighted by molar-refractivity contribution is 0.443. The summed E-state index contributed by atoms with van der Waals surface area (Å²) in [5, 5.41) is 9.48. The Balaban J connectivity index is 0.000000136. The Morgan fingerprint density at radius 2 is 0.484 bits per heavy atom. The average molecular weight is 1290 g/mol. The van der Waals surface area contributed by atoms with Gasteiger partial charge in [0.25, 0.3) is 0 Å². The molecule has 468 valence electrons. The molecule has 0 atom stereocenters. The van der Waals surface area contributed by atoms with Crippen LogP contribution in [0.5, 0.6) is 5.75 Å². The summed E-state index contributed by atoms with van der Waals surface area (Å²) in [6, 6.07) is 118. The van der Waals surface area contributed by atoms with Gasteiger partial charge >= 0.3 is 0 Å². The second-order valence-electron chi connectivity index (χ2n) is 25.7. The molecule has 5 heteroatoms. The normalized spacial score (nSPS) is 12.5. The first-order valence-corrected chi connectivity index (χ1v) is 37.6. The monoisotopic (exact) mass is 1290 g/mol. The van der Waals surface area contributed by atoms with Crippen LogP contribution in [0.4, 0.5) is 0 Å². The number of hydrogen-bond donors (Lipinski definition) is 1. The zero-order valence-electron chi connectivity index (χ0n) is 55.4. The van der Waals surface area contributed by atoms with Gasteiger partial charge in [-0.05, 0) is 229 Å². The van der Waals surface area contributed by atoms with Gasteiger partial charge in [-0.15, -0.1) is 0 Å². The molecule has 0 aliphatic heterocycles. The summed E-state index contributed by atoms with van der Waals surface area (Å²) < 4.78 is 0. The maximum Gasteiger partial charge on any atom is 0.167 e. The molecule has 1 fully saturated rings. The average Bonchev–Trinajstić information content (AvgIpc) is 1.11. The van der Waals surface area contributed by atoms with Crippen LogP contribution >= 0.6 is 0 Å². The van der Waals surface area contributed by atoms with Gasteiger partial charge in [-0.3, -0.25) is 0 Å². The zero-order chi connectivity index (χ0) is 65.0. The number of benzene rings is 12. The van der Waals surface area contributed by atoms with Crippen LogP contribution in [0.15, 0.2) is 386 Å². The van der Waals surface area contributed by atoms with E-state index < -0.39 is 0 Å². The summed E-state index contributed by atoms with van der Waals surface area (Å²) in [6.07, 6.45) is 6.93. The van der Waals surface area contributed by atoms with Gasteiger partial charge in [0.1, 0.15) is 5.75 Å². The van der Waals surface area contributed by atoms with Gasteiger partial charge in [-0.25, -0.2) is 0 Å². The first-order chi connectivity index (χ1) is 45.2. The molecule has 12 aromatic rings. The summed E-state index contributed by atoms with van der Waals surface area (Å²) in [5.41, 5.74) is 7.31. The van der Waals surface area contributed by atoms with E-state index in [1.807, 2.05) is 24.3 Å². The molecule has 12 aromatic carbocycles. The van der Waals surface area contributed by atoms with E-state index in [4.69, 9.17) is 0 Å². The van der Waals surface area contributed by atoms with Gasteiger partial charge < -0.3 is 5.11 Å². The van der Waals surface area contributed by atoms with Crippen molar-refractivity contribution in [1.82, 2.24) is 0 Å². The van der Waals surface area contributed by atoms with E-state index in [1.165, 1.54) is 119 Å². The predicted octanol–water partition coefficient (Wildman–Crippen LogP) is 24.1. The van der Waals surface area contributed by atoms with Gasteiger partial charge in [0.15, 0.2) is 58.7 Å². The molecule has 1 saturated carbocycles. The second kappa shape index (κ2) is 33.1. The molecular formula is C88H90OS4+4. The van der Waals surface area contributed by atoms with Crippen molar-refractivity contribution < 1.29 is 5.11 Å². The fourth-order valence-corrected chi connectivity index (χ4v) is 20.2. The van der Waals surface area contributed by atoms with Crippen molar-refractivity contribution in [2.24, 2.45) is 0 Å². The first-order valence-electron chi connectivity index (χ1n) is 32.7. The molecule has 1 aliphatic rings. The van der Waals surface area contributed by atoms with Crippen LogP contribution in [0.3, 0.4) is 0 Å². The summed E-state index contributed by atoms with van der Waals surface area (Å²) in [7, 11) is -0.282. The number of rotatable bonds is 13. The van der Waals surface area contributed by atoms with Crippen LogP contribution in [-0.4, -0.2) is 5.11 Å². The van der Waals surface area contributed by atoms with Crippen LogP contribution in [-0.2, 0) is 54.4 Å². The van der Waals surface area contributed by atoms with Gasteiger partial charge in [0, 0.05) is 0 Å². The lowest BCUT2D eigenvalue weighted by Crippen LogP contribution is -2.12. The summed E-state index contributed by atoms with van der Waals surface area (Å²) in [4.78, 5) is 16.2. The smallest absolute Gasteiger partial charge is 0.167 e. The van der Waals surface area contributed by atoms with Crippen molar-refractivity contribution in [3.63, 3.8) is 0 Å². The van der Waals surface area contributed by atoms with Crippen LogP contribution in [0, 0.1) is 13.8 Å². The van der Waals surface area contributed by atoms with Gasteiger partial charge in [0.05, 0.1) is 43.6 Å². The molecule has 1 aliphatic carbocycles. The number of phenols is 1. The Labute approximate surface area is 568 Å². The van der Waals surface area contributed by atoms with Crippen LogP contribution < -0.4 is 0 Å². The molecule has 93 heavy (non-hydrogen) atoms. The maximum atomic E-state index is 9.48. The molecule has 1 N–H and O–H groups in total. The van der Waals surface area contributed by atoms with Crippen LogP contribution in [0.2, 0.25) is 0 Å². The van der Waals surface area contributed by atoms with Crippen molar-refractivity contribution in [2.45, 2.75) is 163 Å². The Morgan fingerprint density at radius 1 is 0.258 bits per heavy atom. The van der Waals surface area contributed by atoms with Crippen LogP contribution in [0.25, 0.3) is 0 Å². The molecule has 13 rings (SSSR count). The van der Waals surface area contributed by atoms with E-state index in [0.29, 0.717) is 5.75 Å². The SMILES string of the molecule is CC(C)(C)c1ccc([S+](c2ccccc2)c2ccc(C(C)(C)C)cc2)cc1.Cc1cc(C)cc([S+](c2ccccc2)c2ccccc2)c1.Oc1ccc([S+](c2ccccc2)c2ccccc2)cc1.c1ccc([S+](c2ccccc2)c2ccc(C3CCCCC3)cc2)cc1. The molecule has 0 heterocycles. The number of aryl methyl sites for hydroxylation is 2. The Kier molecular flexibility index (Phi) is 24.1. The molecular weight excluding hydrogens is 1200 g/mol. The van der Waals surface area contributed by atoms with Gasteiger partial charge in [0.2, 0.25) is 0 Å². The van der Waals surface area contributed by atoms with Crippen molar-refractivity contribution in [1.29, 1.82) is 0 Å². The number of phenolic OH excluding ortho intramolecular Hbond substituents is 1. The molecule has 0 spiro atoms. The van der Waals surface area contributed by atoms with Crippen molar-refractivity contribution in [3.05, 3.63) is 355 Å². The van der Waals surface area contributed by atoms with Crippen molar-refractivity contribution in [3.8, 4) is 5.75 Å². The highest BCUT2D eigenvalue weighted by Crippen LogP contribution is 2.39. The lowest BCUT2D eigenvalue weighted by Gasteiger charge is -2.22. The second-order valence-corrected chi connectivity index (χ2v) is 33.8. The van der Waals surface area contributed by atoms with Crippen LogP contribution in [0.1, 0.15) is 107 Å². The predicted molar refractivity (Wildman–Crippen MR) is 400 cm³/mol. The van der Waals surface area contributed by atoms with Crippen molar-refractivity contribution >= 4 is 43.6 Å². The lowest BCUT2D eigenvalue weighted by atomic mass is 9.84. The molecule has 0 unspecified atom stereocenters. The zero-order valence-corrected chi connectivity index (χ0v) is 58.6. The first kappa shape index (κ1) is 67.7. The van der Waals surface area contributed by atoms with E-state index in [0.717, 1.165) is 5.92 Å². The molecule has 1 nitrogen and oxygen atoms in total. The minimum atomic E-state index is -0.134. The van der Waals surface area contributed by atoms with E-state index in [9.17, 15) is 5.11 Å². The fourth-order valence-electron chi connectivity index (χ4n) is 11.7. The van der Waals surface area contributed by atoms with E-state index >= 15 is 0 Å². The van der Waals surface area contributed by atoms with Gasteiger partial charge in [-0.2, -0.15) is 0 Å². The molecule has 0 bridgehead atoms. The van der Waals surface area contributed by atoms with E-state index in [-0.39, 0.29) is 54.4 Å². The molecule has 0 saturated heterocycles. The third kappa shape index (κ3) is 19.0. The van der Waals surface area contributed by atoms with Crippen molar-refractivity contribution in [2.75, 3.05) is 0 Å². The topological polar surface area (TPSA) is 20.2 Å². The highest BCUT2D eigenvalue weighted by atomic mass is 32.2. The Morgan fingerprint density at radius 3 is 0.742 bits per heavy atom. The van der Waals surface area contributed by atoms with E-state index in [2.05, 4.69) is 347 Å². The quantitative estimate of drug-likeness (QED) is 0.114. The fraction of sp³-hybridized carbons (Fsp3) is 0.182. The molecule has 0 amide bonds. The molecule has 0 aromatic heterocycles. The highest BCUT2D eigenvalue weighted by Gasteiger charge is 2.33. The largest absolute Gasteiger partial charge is 0.508 e. The van der Waals surface area contributed by atoms with E-state index in [1.54, 1.807) is 12.1 Å². The van der Waals surface area contributed by atoms with Gasteiger partial charge in [-0.1, -0.05) is 231 Å². The number of hydrogen-bond acceptors (Lipinski definition) is 1. The maximum absolute atomic E-state index is 9.48. The summed E-state index contributed by atoms with van der Waals surface area (Å²) in [6.45, 7) is 18.0. The summed E-state index contributed by atoms with van der Waals surface area (Å²) in [5.74, 6) is 1.08. The Hall–Kier alpha value is -8.16. The minimum absolute atomic E-state index is 0.0278. The third-order valence-electron chi connectivity index (χ3n) is 16.5.